The normalized spacial score (nSPS) is 13.3. The topological polar surface area (TPSA) is 81.6 Å². The predicted molar refractivity (Wildman–Crippen MR) is 100 cm³/mol. The molecule has 0 saturated heterocycles. The first kappa shape index (κ1) is 15.9. The summed E-state index contributed by atoms with van der Waals surface area (Å²) in [7, 11) is 0. The second kappa shape index (κ2) is 6.69. The molecule has 3 heterocycles. The highest BCUT2D eigenvalue weighted by molar-refractivity contribution is 5.97. The molecule has 0 bridgehead atoms. The predicted octanol–water partition coefficient (Wildman–Crippen LogP) is 3.40. The number of aromatic amines is 1. The molecule has 2 aromatic heterocycles. The maximum Gasteiger partial charge on any atom is 0.253 e. The Kier molecular flexibility index (Phi) is 4.08. The van der Waals surface area contributed by atoms with Crippen molar-refractivity contribution in [2.24, 2.45) is 0 Å². The smallest absolute Gasteiger partial charge is 0.253 e. The van der Waals surface area contributed by atoms with E-state index in [1.54, 1.807) is 12.3 Å². The fraction of sp³-hybridized carbons (Fsp3) is 0.0952. The summed E-state index contributed by atoms with van der Waals surface area (Å²) in [5.74, 6) is -0.0314. The highest BCUT2D eigenvalue weighted by Gasteiger charge is 2.19. The van der Waals surface area contributed by atoms with Gasteiger partial charge in [0.05, 0.1) is 22.9 Å². The van der Waals surface area contributed by atoms with Gasteiger partial charge in [0.15, 0.2) is 0 Å². The van der Waals surface area contributed by atoms with E-state index < -0.39 is 0 Å². The molecule has 1 amide bonds. The number of amides is 1. The third-order valence-corrected chi connectivity index (χ3v) is 4.41. The van der Waals surface area contributed by atoms with E-state index in [0.717, 1.165) is 34.6 Å². The average Bonchev–Trinajstić information content (AvgIpc) is 3.13. The zero-order valence-electron chi connectivity index (χ0n) is 14.0. The zero-order chi connectivity index (χ0) is 17.9. The molecule has 26 heavy (non-hydrogen) atoms. The largest absolute Gasteiger partial charge is 0.358 e. The second-order valence-corrected chi connectivity index (χ2v) is 6.08. The number of fused-ring (bicyclic) bond motifs is 1. The van der Waals surface area contributed by atoms with Crippen molar-refractivity contribution in [3.63, 3.8) is 0 Å². The number of hydrogen-bond acceptors (Lipinski definition) is 3. The van der Waals surface area contributed by atoms with Crippen molar-refractivity contribution in [1.29, 1.82) is 5.26 Å². The molecule has 4 rings (SSSR count). The summed E-state index contributed by atoms with van der Waals surface area (Å²) in [4.78, 5) is 19.6. The molecule has 0 atom stereocenters. The van der Waals surface area contributed by atoms with Gasteiger partial charge in [-0.2, -0.15) is 5.26 Å². The number of nitrogens with zero attached hydrogens (tertiary/aromatic N) is 2. The summed E-state index contributed by atoms with van der Waals surface area (Å²) in [6.45, 7) is 0.661. The fourth-order valence-electron chi connectivity index (χ4n) is 3.08. The van der Waals surface area contributed by atoms with Crippen LogP contribution in [0, 0.1) is 11.3 Å². The van der Waals surface area contributed by atoms with Gasteiger partial charge in [0.25, 0.3) is 5.91 Å². The third-order valence-electron chi connectivity index (χ3n) is 4.41. The van der Waals surface area contributed by atoms with E-state index in [-0.39, 0.29) is 5.91 Å². The lowest BCUT2D eigenvalue weighted by atomic mass is 10.1. The number of nitriles is 1. The summed E-state index contributed by atoms with van der Waals surface area (Å²) >= 11 is 0. The van der Waals surface area contributed by atoms with E-state index in [9.17, 15) is 10.1 Å². The first-order valence-corrected chi connectivity index (χ1v) is 8.38. The van der Waals surface area contributed by atoms with Gasteiger partial charge >= 0.3 is 0 Å². The van der Waals surface area contributed by atoms with E-state index in [0.29, 0.717) is 17.7 Å². The van der Waals surface area contributed by atoms with Gasteiger partial charge in [-0.3, -0.25) is 9.78 Å². The Morgan fingerprint density at radius 1 is 1.15 bits per heavy atom. The summed E-state index contributed by atoms with van der Waals surface area (Å²) in [6.07, 6.45) is 6.32. The van der Waals surface area contributed by atoms with Crippen molar-refractivity contribution in [2.75, 3.05) is 6.54 Å². The van der Waals surface area contributed by atoms with Crippen LogP contribution < -0.4 is 5.32 Å². The zero-order valence-corrected chi connectivity index (χ0v) is 14.0. The summed E-state index contributed by atoms with van der Waals surface area (Å²) < 4.78 is 0. The van der Waals surface area contributed by atoms with Crippen LogP contribution in [0.4, 0.5) is 0 Å². The van der Waals surface area contributed by atoms with Crippen LogP contribution in [0.5, 0.6) is 0 Å². The van der Waals surface area contributed by atoms with Crippen LogP contribution in [0.15, 0.2) is 48.7 Å². The molecule has 0 saturated carbocycles. The molecule has 5 nitrogen and oxygen atoms in total. The first-order chi connectivity index (χ1) is 12.7. The Labute approximate surface area is 151 Å². The number of aromatic nitrogens is 2. The van der Waals surface area contributed by atoms with Crippen molar-refractivity contribution in [2.45, 2.75) is 6.42 Å². The Bertz CT molecular complexity index is 1060. The van der Waals surface area contributed by atoms with E-state index in [2.05, 4.69) is 21.4 Å². The van der Waals surface area contributed by atoms with Crippen LogP contribution in [-0.4, -0.2) is 22.4 Å². The van der Waals surface area contributed by atoms with Crippen LogP contribution in [0.3, 0.4) is 0 Å². The van der Waals surface area contributed by atoms with Crippen molar-refractivity contribution in [3.05, 3.63) is 76.7 Å². The Morgan fingerprint density at radius 2 is 2.04 bits per heavy atom. The molecule has 0 aliphatic carbocycles. The molecule has 0 fully saturated rings. The van der Waals surface area contributed by atoms with Gasteiger partial charge in [0, 0.05) is 36.1 Å². The van der Waals surface area contributed by atoms with E-state index >= 15 is 0 Å². The maximum absolute atomic E-state index is 11.9. The molecular weight excluding hydrogens is 324 g/mol. The van der Waals surface area contributed by atoms with E-state index in [1.807, 2.05) is 48.6 Å². The molecular formula is C21H16N4O. The third kappa shape index (κ3) is 3.01. The standard InChI is InChI=1S/C21H16N4O/c22-13-16-4-2-1-3-14(16)5-6-17-11-15(7-9-23-17)20-12-18-19(25-20)8-10-24-21(18)26/h1-7,9,11-12,25H,8,10H2,(H,24,26). The summed E-state index contributed by atoms with van der Waals surface area (Å²) in [5, 5.41) is 12.0. The average molecular weight is 340 g/mol. The van der Waals surface area contributed by atoms with Gasteiger partial charge in [-0.1, -0.05) is 24.3 Å². The van der Waals surface area contributed by atoms with Crippen molar-refractivity contribution in [1.82, 2.24) is 15.3 Å². The fourth-order valence-corrected chi connectivity index (χ4v) is 3.08. The molecule has 1 aliphatic heterocycles. The highest BCUT2D eigenvalue weighted by atomic mass is 16.1. The van der Waals surface area contributed by atoms with Crippen LogP contribution in [0.2, 0.25) is 0 Å². The lowest BCUT2D eigenvalue weighted by molar-refractivity contribution is 0.0946. The van der Waals surface area contributed by atoms with Gasteiger partial charge in [-0.25, -0.2) is 0 Å². The molecule has 5 heteroatoms. The Morgan fingerprint density at radius 3 is 2.88 bits per heavy atom. The number of hydrogen-bond donors (Lipinski definition) is 2. The van der Waals surface area contributed by atoms with E-state index in [4.69, 9.17) is 0 Å². The Hall–Kier alpha value is -3.65. The monoisotopic (exact) mass is 340 g/mol. The summed E-state index contributed by atoms with van der Waals surface area (Å²) in [6, 6.07) is 15.4. The quantitative estimate of drug-likeness (QED) is 0.766. The molecule has 0 spiro atoms. The first-order valence-electron chi connectivity index (χ1n) is 8.38. The minimum atomic E-state index is -0.0314. The second-order valence-electron chi connectivity index (χ2n) is 6.08. The molecule has 0 radical (unpaired) electrons. The van der Waals surface area contributed by atoms with Crippen LogP contribution in [-0.2, 0) is 6.42 Å². The van der Waals surface area contributed by atoms with Crippen LogP contribution in [0.1, 0.15) is 32.9 Å². The minimum absolute atomic E-state index is 0.0314. The van der Waals surface area contributed by atoms with Gasteiger partial charge in [-0.15, -0.1) is 0 Å². The van der Waals surface area contributed by atoms with E-state index in [1.165, 1.54) is 0 Å². The van der Waals surface area contributed by atoms with Crippen molar-refractivity contribution in [3.8, 4) is 17.3 Å². The number of pyridine rings is 1. The van der Waals surface area contributed by atoms with Gasteiger partial charge in [0.1, 0.15) is 0 Å². The number of carbonyl (C=O) groups excluding carboxylic acids is 1. The van der Waals surface area contributed by atoms with Gasteiger partial charge in [-0.05, 0) is 35.9 Å². The molecule has 1 aliphatic rings. The van der Waals surface area contributed by atoms with Crippen molar-refractivity contribution < 1.29 is 4.79 Å². The minimum Gasteiger partial charge on any atom is -0.358 e. The molecule has 0 unspecified atom stereocenters. The molecule has 2 N–H and O–H groups in total. The highest BCUT2D eigenvalue weighted by Crippen LogP contribution is 2.24. The van der Waals surface area contributed by atoms with Crippen LogP contribution >= 0.6 is 0 Å². The number of rotatable bonds is 3. The number of H-pyrrole nitrogens is 1. The van der Waals surface area contributed by atoms with Crippen LogP contribution in [0.25, 0.3) is 23.4 Å². The number of nitrogens with one attached hydrogen (secondary N) is 2. The lowest BCUT2D eigenvalue weighted by Gasteiger charge is -2.10. The summed E-state index contributed by atoms with van der Waals surface area (Å²) in [5.41, 5.74) is 5.82. The number of benzene rings is 1. The molecule has 3 aromatic rings. The lowest BCUT2D eigenvalue weighted by Crippen LogP contribution is -2.31. The molecule has 126 valence electrons. The van der Waals surface area contributed by atoms with Gasteiger partial charge in [0.2, 0.25) is 0 Å². The van der Waals surface area contributed by atoms with Crippen molar-refractivity contribution >= 4 is 18.1 Å². The molecule has 1 aromatic carbocycles. The SMILES string of the molecule is N#Cc1ccccc1C=Cc1cc(-c2cc3c([nH]2)CCNC3=O)ccn1. The van der Waals surface area contributed by atoms with Gasteiger partial charge < -0.3 is 10.3 Å². The maximum atomic E-state index is 11.9. The Balaban J connectivity index is 1.64. The number of carbonyl (C=O) groups is 1.